The smallest absolute Gasteiger partial charge is 0.238 e. The number of primary sulfonamides is 1. The van der Waals surface area contributed by atoms with Crippen LogP contribution in [0, 0.1) is 6.92 Å². The monoisotopic (exact) mass is 404 g/mol. The van der Waals surface area contributed by atoms with E-state index in [1.54, 1.807) is 37.3 Å². The molecule has 0 aliphatic heterocycles. The number of carbonyl (C=O) groups excluding carboxylic acids is 1. The van der Waals surface area contributed by atoms with Crippen LogP contribution in [0.3, 0.4) is 0 Å². The van der Waals surface area contributed by atoms with Gasteiger partial charge >= 0.3 is 0 Å². The lowest BCUT2D eigenvalue weighted by atomic mass is 10.2. The van der Waals surface area contributed by atoms with Gasteiger partial charge in [0.05, 0.1) is 15.7 Å². The molecule has 0 aliphatic rings. The molecule has 0 bridgehead atoms. The second kappa shape index (κ2) is 7.76. The number of carbonyl (C=O) groups is 1. The molecule has 5 nitrogen and oxygen atoms in total. The predicted molar refractivity (Wildman–Crippen MR) is 98.4 cm³/mol. The zero-order chi connectivity index (χ0) is 17.9. The lowest BCUT2D eigenvalue weighted by molar-refractivity contribution is -0.113. The molecule has 3 N–H and O–H groups in total. The number of nitrogens with two attached hydrogens (primary N) is 1. The fourth-order valence-corrected chi connectivity index (χ4v) is 4.01. The molecule has 0 radical (unpaired) electrons. The number of aryl methyl sites for hydroxylation is 1. The van der Waals surface area contributed by atoms with Crippen LogP contribution in [-0.2, 0) is 14.8 Å². The molecule has 0 atom stereocenters. The van der Waals surface area contributed by atoms with Crippen LogP contribution in [0.5, 0.6) is 0 Å². The van der Waals surface area contributed by atoms with Crippen molar-refractivity contribution in [2.75, 3.05) is 11.1 Å². The Balaban J connectivity index is 2.06. The molecule has 0 aliphatic carbocycles. The summed E-state index contributed by atoms with van der Waals surface area (Å²) in [5.41, 5.74) is 0.864. The van der Waals surface area contributed by atoms with Gasteiger partial charge in [-0.1, -0.05) is 29.3 Å². The number of benzene rings is 2. The van der Waals surface area contributed by atoms with E-state index in [9.17, 15) is 13.2 Å². The Morgan fingerprint density at radius 1 is 1.21 bits per heavy atom. The van der Waals surface area contributed by atoms with Crippen molar-refractivity contribution in [1.29, 1.82) is 0 Å². The van der Waals surface area contributed by atoms with Crippen molar-refractivity contribution in [3.63, 3.8) is 0 Å². The average Bonchev–Trinajstić information content (AvgIpc) is 2.49. The summed E-state index contributed by atoms with van der Waals surface area (Å²) < 4.78 is 23.0. The Morgan fingerprint density at radius 3 is 2.58 bits per heavy atom. The number of nitrogens with one attached hydrogen (secondary N) is 1. The number of rotatable bonds is 5. The summed E-state index contributed by atoms with van der Waals surface area (Å²) in [5.74, 6) is -0.209. The number of sulfonamides is 1. The van der Waals surface area contributed by atoms with Crippen LogP contribution in [0.15, 0.2) is 46.2 Å². The molecule has 0 aromatic heterocycles. The number of anilines is 1. The Bertz CT molecular complexity index is 886. The molecule has 0 saturated carbocycles. The highest BCUT2D eigenvalue weighted by Crippen LogP contribution is 2.30. The van der Waals surface area contributed by atoms with E-state index in [1.165, 1.54) is 17.8 Å². The van der Waals surface area contributed by atoms with Gasteiger partial charge in [0.2, 0.25) is 15.9 Å². The fourth-order valence-electron chi connectivity index (χ4n) is 1.91. The standard InChI is InChI=1S/C15H14Cl2N2O3S2/c1-9-2-4-11(7-14(9)24(18,21)22)19-15(20)8-23-13-6-10(16)3-5-12(13)17/h2-7H,8H2,1H3,(H,19,20)(H2,18,21,22). The summed E-state index contributed by atoms with van der Waals surface area (Å²) in [6, 6.07) is 9.51. The quantitative estimate of drug-likeness (QED) is 0.743. The minimum absolute atomic E-state index is 0.0224. The Morgan fingerprint density at radius 2 is 1.92 bits per heavy atom. The second-order valence-electron chi connectivity index (χ2n) is 4.94. The molecule has 0 unspecified atom stereocenters. The number of amides is 1. The van der Waals surface area contributed by atoms with Crippen LogP contribution < -0.4 is 10.5 Å². The maximum atomic E-state index is 12.0. The van der Waals surface area contributed by atoms with E-state index in [2.05, 4.69) is 5.32 Å². The maximum Gasteiger partial charge on any atom is 0.238 e. The first-order valence-electron chi connectivity index (χ1n) is 6.68. The number of halogens is 2. The van der Waals surface area contributed by atoms with Crippen molar-refractivity contribution in [3.05, 3.63) is 52.0 Å². The van der Waals surface area contributed by atoms with Crippen LogP contribution in [0.2, 0.25) is 10.0 Å². The van der Waals surface area contributed by atoms with Gasteiger partial charge in [-0.25, -0.2) is 13.6 Å². The highest BCUT2D eigenvalue weighted by Gasteiger charge is 2.13. The molecule has 128 valence electrons. The number of hydrogen-bond acceptors (Lipinski definition) is 4. The highest BCUT2D eigenvalue weighted by molar-refractivity contribution is 8.00. The van der Waals surface area contributed by atoms with Gasteiger partial charge in [0.15, 0.2) is 0 Å². The zero-order valence-corrected chi connectivity index (χ0v) is 15.7. The molecule has 2 aromatic carbocycles. The third-order valence-electron chi connectivity index (χ3n) is 3.03. The van der Waals surface area contributed by atoms with Crippen LogP contribution in [0.4, 0.5) is 5.69 Å². The third-order valence-corrected chi connectivity index (χ3v) is 5.82. The topological polar surface area (TPSA) is 89.3 Å². The number of thioether (sulfide) groups is 1. The molecule has 0 fully saturated rings. The molecule has 9 heteroatoms. The summed E-state index contributed by atoms with van der Waals surface area (Å²) in [4.78, 5) is 12.7. The molecule has 0 spiro atoms. The molecule has 0 heterocycles. The van der Waals surface area contributed by atoms with E-state index in [0.717, 1.165) is 0 Å². The first-order chi connectivity index (χ1) is 11.2. The normalized spacial score (nSPS) is 11.3. The first-order valence-corrected chi connectivity index (χ1v) is 9.97. The van der Waals surface area contributed by atoms with Crippen molar-refractivity contribution < 1.29 is 13.2 Å². The second-order valence-corrected chi connectivity index (χ2v) is 8.33. The lowest BCUT2D eigenvalue weighted by Crippen LogP contribution is -2.17. The molecule has 0 saturated heterocycles. The Labute approximate surface area is 154 Å². The van der Waals surface area contributed by atoms with Gasteiger partial charge in [-0.15, -0.1) is 11.8 Å². The number of hydrogen-bond donors (Lipinski definition) is 2. The summed E-state index contributed by atoms with van der Waals surface area (Å²) in [6.45, 7) is 1.63. The van der Waals surface area contributed by atoms with Gasteiger partial charge in [-0.2, -0.15) is 0 Å². The van der Waals surface area contributed by atoms with Crippen molar-refractivity contribution in [3.8, 4) is 0 Å². The predicted octanol–water partition coefficient (Wildman–Crippen LogP) is 3.68. The maximum absolute atomic E-state index is 12.0. The molecular formula is C15H14Cl2N2O3S2. The van der Waals surface area contributed by atoms with Crippen LogP contribution in [0.25, 0.3) is 0 Å². The summed E-state index contributed by atoms with van der Waals surface area (Å²) in [5, 5.41) is 8.81. The van der Waals surface area contributed by atoms with E-state index in [4.69, 9.17) is 28.3 Å². The van der Waals surface area contributed by atoms with E-state index in [-0.39, 0.29) is 16.6 Å². The third kappa shape index (κ3) is 5.12. The van der Waals surface area contributed by atoms with Gasteiger partial charge in [-0.3, -0.25) is 4.79 Å². The van der Waals surface area contributed by atoms with Gasteiger partial charge < -0.3 is 5.32 Å². The summed E-state index contributed by atoms with van der Waals surface area (Å²) in [7, 11) is -3.85. The van der Waals surface area contributed by atoms with Crippen molar-refractivity contribution in [2.24, 2.45) is 5.14 Å². The molecule has 24 heavy (non-hydrogen) atoms. The van der Waals surface area contributed by atoms with Gasteiger partial charge in [0, 0.05) is 15.6 Å². The molecule has 1 amide bonds. The first kappa shape index (κ1) is 19.1. The lowest BCUT2D eigenvalue weighted by Gasteiger charge is -2.09. The van der Waals surface area contributed by atoms with Crippen molar-refractivity contribution in [2.45, 2.75) is 16.7 Å². The van der Waals surface area contributed by atoms with E-state index >= 15 is 0 Å². The largest absolute Gasteiger partial charge is 0.325 e. The van der Waals surface area contributed by atoms with Gasteiger partial charge in [-0.05, 0) is 42.8 Å². The van der Waals surface area contributed by atoms with E-state index in [1.807, 2.05) is 0 Å². The Kier molecular flexibility index (Phi) is 6.17. The minimum Gasteiger partial charge on any atom is -0.325 e. The Hall–Kier alpha value is -1.25. The van der Waals surface area contributed by atoms with E-state index < -0.39 is 10.0 Å². The van der Waals surface area contributed by atoms with Crippen LogP contribution in [0.1, 0.15) is 5.56 Å². The van der Waals surface area contributed by atoms with Crippen molar-refractivity contribution in [1.82, 2.24) is 0 Å². The molecule has 2 rings (SSSR count). The van der Waals surface area contributed by atoms with Crippen LogP contribution in [-0.4, -0.2) is 20.1 Å². The zero-order valence-electron chi connectivity index (χ0n) is 12.5. The minimum atomic E-state index is -3.85. The van der Waals surface area contributed by atoms with Gasteiger partial charge in [0.1, 0.15) is 0 Å². The summed E-state index contributed by atoms with van der Waals surface area (Å²) >= 11 is 13.2. The van der Waals surface area contributed by atoms with E-state index in [0.29, 0.717) is 26.2 Å². The summed E-state index contributed by atoms with van der Waals surface area (Å²) in [6.07, 6.45) is 0. The SMILES string of the molecule is Cc1ccc(NC(=O)CSc2cc(Cl)ccc2Cl)cc1S(N)(=O)=O. The average molecular weight is 405 g/mol. The van der Waals surface area contributed by atoms with Crippen molar-refractivity contribution >= 4 is 56.6 Å². The molecular weight excluding hydrogens is 391 g/mol. The van der Waals surface area contributed by atoms with Gasteiger partial charge in [0.25, 0.3) is 0 Å². The highest BCUT2D eigenvalue weighted by atomic mass is 35.5. The van der Waals surface area contributed by atoms with Crippen LogP contribution >= 0.6 is 35.0 Å². The fraction of sp³-hybridized carbons (Fsp3) is 0.133. The molecule has 2 aromatic rings.